The Labute approximate surface area is 121 Å². The highest BCUT2D eigenvalue weighted by Gasteiger charge is 2.26. The first-order valence-electron chi connectivity index (χ1n) is 7.04. The molecule has 0 spiro atoms. The van der Waals surface area contributed by atoms with Crippen molar-refractivity contribution >= 4 is 10.2 Å². The van der Waals surface area contributed by atoms with E-state index in [-0.39, 0.29) is 0 Å². The predicted molar refractivity (Wildman–Crippen MR) is 80.1 cm³/mol. The van der Waals surface area contributed by atoms with Crippen molar-refractivity contribution in [2.24, 2.45) is 11.7 Å². The Balaban J connectivity index is 1.94. The zero-order valence-corrected chi connectivity index (χ0v) is 12.7. The van der Waals surface area contributed by atoms with Gasteiger partial charge in [0.15, 0.2) is 0 Å². The highest BCUT2D eigenvalue weighted by atomic mass is 32.2. The minimum atomic E-state index is -3.37. The van der Waals surface area contributed by atoms with Gasteiger partial charge in [0.25, 0.3) is 10.2 Å². The van der Waals surface area contributed by atoms with Gasteiger partial charge >= 0.3 is 0 Å². The van der Waals surface area contributed by atoms with E-state index in [9.17, 15) is 8.42 Å². The molecule has 1 fully saturated rings. The zero-order valence-electron chi connectivity index (χ0n) is 11.9. The van der Waals surface area contributed by atoms with Crippen molar-refractivity contribution in [3.63, 3.8) is 0 Å². The smallest absolute Gasteiger partial charge is 0.279 e. The molecular formula is C14H23N3O2S. The summed E-state index contributed by atoms with van der Waals surface area (Å²) in [7, 11) is -3.37. The Morgan fingerprint density at radius 1 is 1.30 bits per heavy atom. The quantitative estimate of drug-likeness (QED) is 0.858. The van der Waals surface area contributed by atoms with E-state index >= 15 is 0 Å². The number of hydrogen-bond donors (Lipinski definition) is 2. The van der Waals surface area contributed by atoms with Gasteiger partial charge in [-0.2, -0.15) is 17.4 Å². The van der Waals surface area contributed by atoms with Crippen molar-refractivity contribution in [1.29, 1.82) is 0 Å². The lowest BCUT2D eigenvalue weighted by molar-refractivity contribution is 0.278. The van der Waals surface area contributed by atoms with Crippen LogP contribution in [0.15, 0.2) is 24.3 Å². The van der Waals surface area contributed by atoms with Crippen molar-refractivity contribution < 1.29 is 8.42 Å². The topological polar surface area (TPSA) is 75.4 Å². The van der Waals surface area contributed by atoms with Crippen LogP contribution in [0, 0.1) is 5.92 Å². The number of piperidine rings is 1. The second kappa shape index (κ2) is 6.67. The number of hydrogen-bond acceptors (Lipinski definition) is 3. The van der Waals surface area contributed by atoms with Gasteiger partial charge in [-0.1, -0.05) is 31.2 Å². The summed E-state index contributed by atoms with van der Waals surface area (Å²) in [4.78, 5) is 0. The highest BCUT2D eigenvalue weighted by molar-refractivity contribution is 7.87. The van der Waals surface area contributed by atoms with Crippen molar-refractivity contribution in [1.82, 2.24) is 9.03 Å². The summed E-state index contributed by atoms with van der Waals surface area (Å²) in [5, 5.41) is 0. The van der Waals surface area contributed by atoms with E-state index < -0.39 is 10.2 Å². The lowest BCUT2D eigenvalue weighted by Gasteiger charge is -2.30. The van der Waals surface area contributed by atoms with Crippen LogP contribution < -0.4 is 10.5 Å². The maximum atomic E-state index is 12.2. The number of nitrogens with zero attached hydrogens (tertiary/aromatic N) is 1. The number of rotatable bonds is 5. The summed E-state index contributed by atoms with van der Waals surface area (Å²) in [5.41, 5.74) is 7.52. The fourth-order valence-electron chi connectivity index (χ4n) is 2.42. The molecule has 1 aromatic carbocycles. The Bertz CT molecular complexity index is 528. The number of benzene rings is 1. The van der Waals surface area contributed by atoms with Gasteiger partial charge in [-0.05, 0) is 29.9 Å². The molecule has 1 aliphatic heterocycles. The molecule has 1 heterocycles. The standard InChI is InChI=1S/C14H23N3O2S/c1-12-3-2-8-17(11-12)20(18,19)16-10-14-6-4-13(9-15)5-7-14/h4-7,12,16H,2-3,8-11,15H2,1H3. The van der Waals surface area contributed by atoms with E-state index in [4.69, 9.17) is 5.73 Å². The molecule has 3 N–H and O–H groups in total. The van der Waals surface area contributed by atoms with E-state index in [1.165, 1.54) is 0 Å². The van der Waals surface area contributed by atoms with Crippen LogP contribution in [-0.2, 0) is 23.3 Å². The van der Waals surface area contributed by atoms with E-state index in [1.54, 1.807) is 4.31 Å². The van der Waals surface area contributed by atoms with Gasteiger partial charge in [0.2, 0.25) is 0 Å². The maximum Gasteiger partial charge on any atom is 0.279 e. The molecule has 6 heteroatoms. The Hall–Kier alpha value is -0.950. The Morgan fingerprint density at radius 2 is 1.95 bits per heavy atom. The van der Waals surface area contributed by atoms with Crippen LogP contribution in [0.4, 0.5) is 0 Å². The maximum absolute atomic E-state index is 12.2. The Morgan fingerprint density at radius 3 is 2.55 bits per heavy atom. The third kappa shape index (κ3) is 4.02. The molecule has 20 heavy (non-hydrogen) atoms. The van der Waals surface area contributed by atoms with Crippen molar-refractivity contribution in [2.75, 3.05) is 13.1 Å². The second-order valence-corrected chi connectivity index (χ2v) is 7.21. The second-order valence-electron chi connectivity index (χ2n) is 5.45. The van der Waals surface area contributed by atoms with Crippen LogP contribution in [0.2, 0.25) is 0 Å². The monoisotopic (exact) mass is 297 g/mol. The minimum Gasteiger partial charge on any atom is -0.326 e. The summed E-state index contributed by atoms with van der Waals surface area (Å²) >= 11 is 0. The molecule has 1 atom stereocenters. The van der Waals surface area contributed by atoms with E-state index in [1.807, 2.05) is 24.3 Å². The van der Waals surface area contributed by atoms with Gasteiger partial charge in [0.1, 0.15) is 0 Å². The molecule has 1 saturated heterocycles. The third-order valence-electron chi connectivity index (χ3n) is 3.68. The normalized spacial score (nSPS) is 21.0. The van der Waals surface area contributed by atoms with Gasteiger partial charge < -0.3 is 5.73 Å². The lowest BCUT2D eigenvalue weighted by atomic mass is 10.0. The van der Waals surface area contributed by atoms with E-state index in [0.717, 1.165) is 24.0 Å². The summed E-state index contributed by atoms with van der Waals surface area (Å²) in [6.45, 7) is 4.14. The first-order chi connectivity index (χ1) is 9.51. The number of nitrogens with one attached hydrogen (secondary N) is 1. The molecular weight excluding hydrogens is 274 g/mol. The lowest BCUT2D eigenvalue weighted by Crippen LogP contribution is -2.45. The summed E-state index contributed by atoms with van der Waals surface area (Å²) in [6.07, 6.45) is 2.04. The SMILES string of the molecule is CC1CCCN(S(=O)(=O)NCc2ccc(CN)cc2)C1. The van der Waals surface area contributed by atoms with Crippen LogP contribution in [-0.4, -0.2) is 25.8 Å². The van der Waals surface area contributed by atoms with E-state index in [2.05, 4.69) is 11.6 Å². The molecule has 0 aromatic heterocycles. The minimum absolute atomic E-state index is 0.318. The molecule has 2 rings (SSSR count). The van der Waals surface area contributed by atoms with Crippen LogP contribution in [0.5, 0.6) is 0 Å². The summed E-state index contributed by atoms with van der Waals surface area (Å²) in [6, 6.07) is 7.66. The van der Waals surface area contributed by atoms with Gasteiger partial charge in [-0.15, -0.1) is 0 Å². The average Bonchev–Trinajstić information content (AvgIpc) is 2.46. The fourth-order valence-corrected chi connectivity index (χ4v) is 3.78. The van der Waals surface area contributed by atoms with Gasteiger partial charge in [0, 0.05) is 26.2 Å². The van der Waals surface area contributed by atoms with Crippen LogP contribution in [0.1, 0.15) is 30.9 Å². The van der Waals surface area contributed by atoms with Crippen molar-refractivity contribution in [3.05, 3.63) is 35.4 Å². The summed E-state index contributed by atoms with van der Waals surface area (Å²) < 4.78 is 28.7. The largest absolute Gasteiger partial charge is 0.326 e. The third-order valence-corrected chi connectivity index (χ3v) is 5.20. The predicted octanol–water partition coefficient (Wildman–Crippen LogP) is 1.21. The average molecular weight is 297 g/mol. The molecule has 1 aliphatic rings. The zero-order chi connectivity index (χ0) is 14.6. The molecule has 0 amide bonds. The highest BCUT2D eigenvalue weighted by Crippen LogP contribution is 2.17. The van der Waals surface area contributed by atoms with Crippen LogP contribution in [0.25, 0.3) is 0 Å². The summed E-state index contributed by atoms with van der Waals surface area (Å²) in [5.74, 6) is 0.434. The molecule has 1 aromatic rings. The first kappa shape index (κ1) is 15.4. The fraction of sp³-hybridized carbons (Fsp3) is 0.571. The van der Waals surface area contributed by atoms with Crippen LogP contribution >= 0.6 is 0 Å². The van der Waals surface area contributed by atoms with Crippen molar-refractivity contribution in [3.8, 4) is 0 Å². The Kier molecular flexibility index (Phi) is 5.15. The van der Waals surface area contributed by atoms with Gasteiger partial charge in [0.05, 0.1) is 0 Å². The molecule has 0 aliphatic carbocycles. The molecule has 112 valence electrons. The first-order valence-corrected chi connectivity index (χ1v) is 8.48. The van der Waals surface area contributed by atoms with Crippen LogP contribution in [0.3, 0.4) is 0 Å². The molecule has 0 bridgehead atoms. The van der Waals surface area contributed by atoms with Crippen molar-refractivity contribution in [2.45, 2.75) is 32.9 Å². The molecule has 1 unspecified atom stereocenters. The van der Waals surface area contributed by atoms with E-state index in [0.29, 0.717) is 32.1 Å². The van der Waals surface area contributed by atoms with Gasteiger partial charge in [-0.3, -0.25) is 0 Å². The molecule has 0 radical (unpaired) electrons. The number of nitrogens with two attached hydrogens (primary N) is 1. The molecule has 5 nitrogen and oxygen atoms in total. The molecule has 0 saturated carbocycles. The van der Waals surface area contributed by atoms with Gasteiger partial charge in [-0.25, -0.2) is 0 Å².